The topological polar surface area (TPSA) is 29.5 Å². The Balaban J connectivity index is 4.32. The highest BCUT2D eigenvalue weighted by Crippen LogP contribution is 2.33. The molecule has 0 rings (SSSR count). The Morgan fingerprint density at radius 2 is 1.77 bits per heavy atom. The number of halogens is 1. The summed E-state index contributed by atoms with van der Waals surface area (Å²) in [4.78, 5) is 0. The zero-order valence-electron chi connectivity index (χ0n) is 9.22. The standard InChI is InChI=1S/C10H21ClO2/c1-9(2,8(12)6-11)7-10(3,4)13-5/h8,12H,6-7H2,1-5H3. The van der Waals surface area contributed by atoms with Gasteiger partial charge in [0.15, 0.2) is 0 Å². The van der Waals surface area contributed by atoms with Crippen LogP contribution in [-0.4, -0.2) is 29.8 Å². The molecule has 0 aliphatic rings. The minimum Gasteiger partial charge on any atom is -0.391 e. The lowest BCUT2D eigenvalue weighted by Gasteiger charge is -2.36. The monoisotopic (exact) mass is 208 g/mol. The summed E-state index contributed by atoms with van der Waals surface area (Å²) in [7, 11) is 1.68. The lowest BCUT2D eigenvalue weighted by Crippen LogP contribution is -2.38. The van der Waals surface area contributed by atoms with Gasteiger partial charge >= 0.3 is 0 Å². The normalized spacial score (nSPS) is 15.9. The van der Waals surface area contributed by atoms with Crippen molar-refractivity contribution in [3.63, 3.8) is 0 Å². The van der Waals surface area contributed by atoms with Crippen LogP contribution in [0.2, 0.25) is 0 Å². The molecule has 13 heavy (non-hydrogen) atoms. The van der Waals surface area contributed by atoms with Gasteiger partial charge < -0.3 is 9.84 Å². The number of ether oxygens (including phenoxy) is 1. The van der Waals surface area contributed by atoms with Crippen molar-refractivity contribution in [3.8, 4) is 0 Å². The lowest BCUT2D eigenvalue weighted by molar-refractivity contribution is -0.0449. The maximum absolute atomic E-state index is 9.66. The summed E-state index contributed by atoms with van der Waals surface area (Å²) in [5, 5.41) is 9.66. The summed E-state index contributed by atoms with van der Waals surface area (Å²) < 4.78 is 5.31. The van der Waals surface area contributed by atoms with Crippen molar-refractivity contribution in [2.75, 3.05) is 13.0 Å². The number of methoxy groups -OCH3 is 1. The van der Waals surface area contributed by atoms with Crippen molar-refractivity contribution in [1.29, 1.82) is 0 Å². The molecule has 2 nitrogen and oxygen atoms in total. The van der Waals surface area contributed by atoms with Crippen LogP contribution in [0.3, 0.4) is 0 Å². The van der Waals surface area contributed by atoms with Crippen molar-refractivity contribution in [2.24, 2.45) is 5.41 Å². The molecule has 0 saturated heterocycles. The van der Waals surface area contributed by atoms with Crippen molar-refractivity contribution in [3.05, 3.63) is 0 Å². The first-order chi connectivity index (χ1) is 5.75. The van der Waals surface area contributed by atoms with Crippen molar-refractivity contribution in [1.82, 2.24) is 0 Å². The number of hydrogen-bond donors (Lipinski definition) is 1. The first-order valence-electron chi connectivity index (χ1n) is 4.54. The maximum Gasteiger partial charge on any atom is 0.0727 e. The predicted molar refractivity (Wildman–Crippen MR) is 56.2 cm³/mol. The summed E-state index contributed by atoms with van der Waals surface area (Å²) in [5.41, 5.74) is -0.419. The third-order valence-corrected chi connectivity index (χ3v) is 2.77. The number of aliphatic hydroxyl groups excluding tert-OH is 1. The zero-order chi connectivity index (χ0) is 10.7. The Kier molecular flexibility index (Phi) is 4.70. The van der Waals surface area contributed by atoms with E-state index in [2.05, 4.69) is 0 Å². The van der Waals surface area contributed by atoms with Crippen LogP contribution in [-0.2, 0) is 4.74 Å². The molecule has 0 aliphatic heterocycles. The molecule has 0 spiro atoms. The Bertz CT molecular complexity index is 155. The van der Waals surface area contributed by atoms with E-state index in [1.807, 2.05) is 27.7 Å². The van der Waals surface area contributed by atoms with E-state index in [0.29, 0.717) is 0 Å². The third kappa shape index (κ3) is 4.30. The molecule has 0 saturated carbocycles. The molecule has 1 N–H and O–H groups in total. The van der Waals surface area contributed by atoms with E-state index in [1.165, 1.54) is 0 Å². The molecule has 3 heteroatoms. The number of alkyl halides is 1. The smallest absolute Gasteiger partial charge is 0.0727 e. The second-order valence-corrected chi connectivity index (χ2v) is 5.11. The fraction of sp³-hybridized carbons (Fsp3) is 1.00. The largest absolute Gasteiger partial charge is 0.391 e. The van der Waals surface area contributed by atoms with E-state index < -0.39 is 6.10 Å². The summed E-state index contributed by atoms with van der Waals surface area (Å²) in [6.07, 6.45) is 0.299. The predicted octanol–water partition coefficient (Wildman–Crippen LogP) is 2.43. The van der Waals surface area contributed by atoms with Gasteiger partial charge in [-0.2, -0.15) is 0 Å². The Hall–Kier alpha value is 0.210. The van der Waals surface area contributed by atoms with Gasteiger partial charge in [0.05, 0.1) is 11.7 Å². The molecule has 0 fully saturated rings. The molecular weight excluding hydrogens is 188 g/mol. The summed E-state index contributed by atoms with van der Waals surface area (Å²) >= 11 is 5.62. The molecule has 80 valence electrons. The summed E-state index contributed by atoms with van der Waals surface area (Å²) in [6.45, 7) is 8.02. The average molecular weight is 209 g/mol. The fourth-order valence-electron chi connectivity index (χ4n) is 1.50. The molecule has 0 aromatic heterocycles. The van der Waals surface area contributed by atoms with Gasteiger partial charge in [0.25, 0.3) is 0 Å². The van der Waals surface area contributed by atoms with Crippen LogP contribution >= 0.6 is 11.6 Å². The Labute approximate surface area is 86.2 Å². The minimum absolute atomic E-state index is 0.207. The Morgan fingerprint density at radius 1 is 1.31 bits per heavy atom. The second kappa shape index (κ2) is 4.63. The van der Waals surface area contributed by atoms with Gasteiger partial charge in [0.1, 0.15) is 0 Å². The van der Waals surface area contributed by atoms with E-state index >= 15 is 0 Å². The zero-order valence-corrected chi connectivity index (χ0v) is 9.98. The van der Waals surface area contributed by atoms with E-state index in [4.69, 9.17) is 16.3 Å². The molecule has 0 aromatic carbocycles. The summed E-state index contributed by atoms with van der Waals surface area (Å²) in [5.74, 6) is 0.271. The van der Waals surface area contributed by atoms with Crippen LogP contribution in [0.5, 0.6) is 0 Å². The van der Waals surface area contributed by atoms with Gasteiger partial charge in [-0.25, -0.2) is 0 Å². The van der Waals surface area contributed by atoms with Crippen molar-refractivity contribution in [2.45, 2.75) is 45.8 Å². The quantitative estimate of drug-likeness (QED) is 0.704. The van der Waals surface area contributed by atoms with Gasteiger partial charge in [0, 0.05) is 13.0 Å². The third-order valence-electron chi connectivity index (χ3n) is 2.48. The number of hydrogen-bond acceptors (Lipinski definition) is 2. The second-order valence-electron chi connectivity index (χ2n) is 4.80. The average Bonchev–Trinajstić information content (AvgIpc) is 2.01. The van der Waals surface area contributed by atoms with Crippen molar-refractivity contribution >= 4 is 11.6 Å². The van der Waals surface area contributed by atoms with Gasteiger partial charge in [0.2, 0.25) is 0 Å². The summed E-state index contributed by atoms with van der Waals surface area (Å²) in [6, 6.07) is 0. The first kappa shape index (κ1) is 13.2. The molecule has 0 radical (unpaired) electrons. The van der Waals surface area contributed by atoms with E-state index in [1.54, 1.807) is 7.11 Å². The molecule has 0 bridgehead atoms. The molecule has 1 unspecified atom stereocenters. The van der Waals surface area contributed by atoms with E-state index in [9.17, 15) is 5.11 Å². The molecule has 1 atom stereocenters. The van der Waals surface area contributed by atoms with Gasteiger partial charge in [-0.3, -0.25) is 0 Å². The van der Waals surface area contributed by atoms with Gasteiger partial charge in [-0.15, -0.1) is 11.6 Å². The van der Waals surface area contributed by atoms with Crippen LogP contribution in [0.15, 0.2) is 0 Å². The highest BCUT2D eigenvalue weighted by Gasteiger charge is 2.33. The SMILES string of the molecule is COC(C)(C)CC(C)(C)C(O)CCl. The molecule has 0 aromatic rings. The highest BCUT2D eigenvalue weighted by atomic mass is 35.5. The van der Waals surface area contributed by atoms with Crippen molar-refractivity contribution < 1.29 is 9.84 Å². The molecule has 0 heterocycles. The van der Waals surface area contributed by atoms with E-state index in [0.717, 1.165) is 6.42 Å². The van der Waals surface area contributed by atoms with Crippen LogP contribution < -0.4 is 0 Å². The van der Waals surface area contributed by atoms with Crippen LogP contribution in [0, 0.1) is 5.41 Å². The highest BCUT2D eigenvalue weighted by molar-refractivity contribution is 6.18. The van der Waals surface area contributed by atoms with Crippen LogP contribution in [0.1, 0.15) is 34.1 Å². The molecular formula is C10H21ClO2. The molecule has 0 aliphatic carbocycles. The Morgan fingerprint density at radius 3 is 2.08 bits per heavy atom. The van der Waals surface area contributed by atoms with E-state index in [-0.39, 0.29) is 16.9 Å². The maximum atomic E-state index is 9.66. The lowest BCUT2D eigenvalue weighted by atomic mass is 9.78. The minimum atomic E-state index is -0.483. The fourth-order valence-corrected chi connectivity index (χ4v) is 1.91. The first-order valence-corrected chi connectivity index (χ1v) is 5.08. The van der Waals surface area contributed by atoms with Crippen LogP contribution in [0.25, 0.3) is 0 Å². The van der Waals surface area contributed by atoms with Crippen LogP contribution in [0.4, 0.5) is 0 Å². The number of aliphatic hydroxyl groups is 1. The van der Waals surface area contributed by atoms with Gasteiger partial charge in [-0.1, -0.05) is 13.8 Å². The van der Waals surface area contributed by atoms with Gasteiger partial charge in [-0.05, 0) is 25.7 Å². The number of rotatable bonds is 5. The molecule has 0 amide bonds.